The molecule has 21 heavy (non-hydrogen) atoms. The first-order valence-electron chi connectivity index (χ1n) is 6.69. The van der Waals surface area contributed by atoms with Crippen molar-refractivity contribution in [3.05, 3.63) is 58.8 Å². The molecular weight excluding hydrogens is 332 g/mol. The summed E-state index contributed by atoms with van der Waals surface area (Å²) in [5.41, 5.74) is 1.01. The molecule has 4 nitrogen and oxygen atoms in total. The number of benzene rings is 1. The van der Waals surface area contributed by atoms with Crippen molar-refractivity contribution in [3.8, 4) is 5.75 Å². The van der Waals surface area contributed by atoms with Gasteiger partial charge in [0.1, 0.15) is 5.75 Å². The second-order valence-corrected chi connectivity index (χ2v) is 5.56. The van der Waals surface area contributed by atoms with E-state index in [0.717, 1.165) is 10.0 Å². The van der Waals surface area contributed by atoms with Crippen LogP contribution in [0, 0.1) is 0 Å². The Hall–Kier alpha value is -1.88. The van der Waals surface area contributed by atoms with Gasteiger partial charge in [-0.2, -0.15) is 0 Å². The van der Waals surface area contributed by atoms with Crippen LogP contribution in [0.1, 0.15) is 25.5 Å². The molecule has 1 amide bonds. The fraction of sp³-hybridized carbons (Fsp3) is 0.250. The molecule has 0 unspecified atom stereocenters. The maximum atomic E-state index is 12.2. The van der Waals surface area contributed by atoms with E-state index in [2.05, 4.69) is 26.2 Å². The van der Waals surface area contributed by atoms with E-state index in [9.17, 15) is 4.79 Å². The number of aromatic nitrogens is 1. The lowest BCUT2D eigenvalue weighted by Crippen LogP contribution is -2.37. The predicted molar refractivity (Wildman–Crippen MR) is 85.0 cm³/mol. The van der Waals surface area contributed by atoms with Crippen LogP contribution in [-0.4, -0.2) is 17.0 Å². The molecule has 0 aliphatic heterocycles. The molecule has 5 heteroatoms. The number of amides is 1. The minimum Gasteiger partial charge on any atom is -0.480 e. The van der Waals surface area contributed by atoms with Gasteiger partial charge < -0.3 is 10.1 Å². The van der Waals surface area contributed by atoms with Gasteiger partial charge in [-0.05, 0) is 59.6 Å². The van der Waals surface area contributed by atoms with Crippen LogP contribution in [0.3, 0.4) is 0 Å². The van der Waals surface area contributed by atoms with Gasteiger partial charge in [0, 0.05) is 12.4 Å². The lowest BCUT2D eigenvalue weighted by molar-refractivity contribution is -0.127. The Bertz CT molecular complexity index is 604. The van der Waals surface area contributed by atoms with Crippen LogP contribution in [0.15, 0.2) is 53.3 Å². The van der Waals surface area contributed by atoms with E-state index < -0.39 is 6.10 Å². The van der Waals surface area contributed by atoms with E-state index in [4.69, 9.17) is 4.74 Å². The van der Waals surface area contributed by atoms with Crippen LogP contribution in [0.5, 0.6) is 5.75 Å². The fourth-order valence-electron chi connectivity index (χ4n) is 1.85. The van der Waals surface area contributed by atoms with Gasteiger partial charge in [-0.1, -0.05) is 12.1 Å². The molecule has 2 aromatic rings. The molecule has 0 saturated heterocycles. The fourth-order valence-corrected chi connectivity index (χ4v) is 2.23. The number of pyridine rings is 1. The molecule has 0 radical (unpaired) electrons. The largest absolute Gasteiger partial charge is 0.480 e. The Labute approximate surface area is 132 Å². The van der Waals surface area contributed by atoms with Gasteiger partial charge in [0.15, 0.2) is 6.10 Å². The van der Waals surface area contributed by atoms with E-state index in [1.54, 1.807) is 19.3 Å². The molecule has 0 aliphatic carbocycles. The molecule has 1 aromatic carbocycles. The summed E-state index contributed by atoms with van der Waals surface area (Å²) in [6.07, 6.45) is 2.84. The maximum absolute atomic E-state index is 12.2. The lowest BCUT2D eigenvalue weighted by atomic mass is 10.1. The summed E-state index contributed by atoms with van der Waals surface area (Å²) in [5, 5.41) is 2.93. The van der Waals surface area contributed by atoms with Crippen molar-refractivity contribution < 1.29 is 9.53 Å². The number of nitrogens with zero attached hydrogens (tertiary/aromatic N) is 1. The minimum absolute atomic E-state index is 0.0919. The van der Waals surface area contributed by atoms with Gasteiger partial charge in [-0.3, -0.25) is 9.78 Å². The monoisotopic (exact) mass is 348 g/mol. The van der Waals surface area contributed by atoms with Crippen molar-refractivity contribution in [2.75, 3.05) is 0 Å². The molecule has 0 saturated carbocycles. The highest BCUT2D eigenvalue weighted by Crippen LogP contribution is 2.25. The topological polar surface area (TPSA) is 51.2 Å². The first kappa shape index (κ1) is 15.5. The van der Waals surface area contributed by atoms with Gasteiger partial charge in [-0.25, -0.2) is 0 Å². The number of hydrogen-bond donors (Lipinski definition) is 1. The van der Waals surface area contributed by atoms with Crippen LogP contribution in [-0.2, 0) is 4.79 Å². The Morgan fingerprint density at radius 1 is 1.19 bits per heavy atom. The summed E-state index contributed by atoms with van der Waals surface area (Å²) >= 11 is 3.40. The van der Waals surface area contributed by atoms with Crippen LogP contribution in [0.4, 0.5) is 0 Å². The summed E-state index contributed by atoms with van der Waals surface area (Å²) in [5.74, 6) is 0.492. The number of rotatable bonds is 5. The normalized spacial score (nSPS) is 13.3. The van der Waals surface area contributed by atoms with Gasteiger partial charge in [0.2, 0.25) is 0 Å². The summed E-state index contributed by atoms with van der Waals surface area (Å²) in [6.45, 7) is 3.66. The summed E-state index contributed by atoms with van der Waals surface area (Å²) < 4.78 is 6.50. The third kappa shape index (κ3) is 4.29. The second kappa shape index (κ2) is 7.22. The van der Waals surface area contributed by atoms with E-state index in [1.807, 2.05) is 43.3 Å². The second-order valence-electron chi connectivity index (χ2n) is 4.70. The Morgan fingerprint density at radius 3 is 2.52 bits per heavy atom. The number of hydrogen-bond acceptors (Lipinski definition) is 3. The quantitative estimate of drug-likeness (QED) is 0.899. The third-order valence-corrected chi connectivity index (χ3v) is 3.73. The molecular formula is C16H17BrN2O2. The first-order valence-corrected chi connectivity index (χ1v) is 7.48. The van der Waals surface area contributed by atoms with Crippen molar-refractivity contribution >= 4 is 21.8 Å². The average molecular weight is 349 g/mol. The standard InChI is InChI=1S/C16H17BrN2O2/c1-11(13-7-9-18-10-8-13)19-16(20)12(2)21-15-6-4-3-5-14(15)17/h3-12H,1-2H3,(H,19,20)/t11-,12+/m1/s1. The van der Waals surface area contributed by atoms with Gasteiger partial charge in [0.25, 0.3) is 5.91 Å². The Morgan fingerprint density at radius 2 is 1.86 bits per heavy atom. The van der Waals surface area contributed by atoms with Crippen molar-refractivity contribution in [2.45, 2.75) is 26.0 Å². The molecule has 0 spiro atoms. The molecule has 1 N–H and O–H groups in total. The van der Waals surface area contributed by atoms with E-state index in [0.29, 0.717) is 5.75 Å². The van der Waals surface area contributed by atoms with Crippen LogP contribution in [0.25, 0.3) is 0 Å². The summed E-state index contributed by atoms with van der Waals surface area (Å²) in [6, 6.07) is 11.1. The zero-order chi connectivity index (χ0) is 15.2. The summed E-state index contributed by atoms with van der Waals surface area (Å²) in [4.78, 5) is 16.1. The maximum Gasteiger partial charge on any atom is 0.261 e. The van der Waals surface area contributed by atoms with Crippen LogP contribution in [0.2, 0.25) is 0 Å². The highest BCUT2D eigenvalue weighted by molar-refractivity contribution is 9.10. The molecule has 1 heterocycles. The van der Waals surface area contributed by atoms with Crippen molar-refractivity contribution in [1.29, 1.82) is 0 Å². The highest BCUT2D eigenvalue weighted by atomic mass is 79.9. The van der Waals surface area contributed by atoms with E-state index in [-0.39, 0.29) is 11.9 Å². The van der Waals surface area contributed by atoms with Crippen molar-refractivity contribution in [1.82, 2.24) is 10.3 Å². The van der Waals surface area contributed by atoms with Gasteiger partial charge in [0.05, 0.1) is 10.5 Å². The smallest absolute Gasteiger partial charge is 0.261 e. The molecule has 1 aromatic heterocycles. The predicted octanol–water partition coefficient (Wildman–Crippen LogP) is 3.49. The zero-order valence-corrected chi connectivity index (χ0v) is 13.5. The number of ether oxygens (including phenoxy) is 1. The van der Waals surface area contributed by atoms with Gasteiger partial charge in [-0.15, -0.1) is 0 Å². The molecule has 2 atom stereocenters. The number of carbonyl (C=O) groups excluding carboxylic acids is 1. The van der Waals surface area contributed by atoms with Crippen molar-refractivity contribution in [3.63, 3.8) is 0 Å². The Balaban J connectivity index is 1.95. The third-order valence-electron chi connectivity index (χ3n) is 3.07. The lowest BCUT2D eigenvalue weighted by Gasteiger charge is -2.19. The number of nitrogens with one attached hydrogen (secondary N) is 1. The molecule has 0 aliphatic rings. The zero-order valence-electron chi connectivity index (χ0n) is 11.9. The average Bonchev–Trinajstić information content (AvgIpc) is 2.50. The summed E-state index contributed by atoms with van der Waals surface area (Å²) in [7, 11) is 0. The molecule has 2 rings (SSSR count). The van der Waals surface area contributed by atoms with Gasteiger partial charge >= 0.3 is 0 Å². The SMILES string of the molecule is C[C@H](Oc1ccccc1Br)C(=O)N[C@H](C)c1ccncc1. The van der Waals surface area contributed by atoms with E-state index in [1.165, 1.54) is 0 Å². The minimum atomic E-state index is -0.576. The van der Waals surface area contributed by atoms with Crippen LogP contribution >= 0.6 is 15.9 Å². The molecule has 0 bridgehead atoms. The van der Waals surface area contributed by atoms with Crippen LogP contribution < -0.4 is 10.1 Å². The first-order chi connectivity index (χ1) is 10.1. The highest BCUT2D eigenvalue weighted by Gasteiger charge is 2.18. The number of para-hydroxylation sites is 1. The molecule has 0 fully saturated rings. The number of halogens is 1. The van der Waals surface area contributed by atoms with E-state index >= 15 is 0 Å². The Kier molecular flexibility index (Phi) is 5.33. The van der Waals surface area contributed by atoms with Crippen molar-refractivity contribution in [2.24, 2.45) is 0 Å². The molecule has 110 valence electrons. The number of carbonyl (C=O) groups is 1.